The van der Waals surface area contributed by atoms with Crippen LogP contribution in [0.25, 0.3) is 0 Å². The molecular weight excluding hydrogens is 426 g/mol. The zero-order chi connectivity index (χ0) is 22.7. The summed E-state index contributed by atoms with van der Waals surface area (Å²) in [5, 5.41) is 3.89. The number of nitrogens with zero attached hydrogens (tertiary/aromatic N) is 5. The van der Waals surface area contributed by atoms with Crippen LogP contribution < -0.4 is 20.7 Å². The van der Waals surface area contributed by atoms with E-state index in [1.165, 1.54) is 0 Å². The topological polar surface area (TPSA) is 82.8 Å². The van der Waals surface area contributed by atoms with Gasteiger partial charge in [-0.1, -0.05) is 11.6 Å². The predicted octanol–water partition coefficient (Wildman–Crippen LogP) is 2.95. The van der Waals surface area contributed by atoms with Gasteiger partial charge in [0.25, 0.3) is 0 Å². The van der Waals surface area contributed by atoms with E-state index in [4.69, 9.17) is 27.1 Å². The Balaban J connectivity index is 1.46. The number of methoxy groups -OCH3 is 1. The van der Waals surface area contributed by atoms with Gasteiger partial charge in [0, 0.05) is 63.1 Å². The molecule has 2 saturated heterocycles. The summed E-state index contributed by atoms with van der Waals surface area (Å²) in [7, 11) is 3.84. The van der Waals surface area contributed by atoms with E-state index in [9.17, 15) is 0 Å². The number of piperazine rings is 1. The van der Waals surface area contributed by atoms with Gasteiger partial charge < -0.3 is 25.6 Å². The molecule has 3 heterocycles. The molecule has 9 heteroatoms. The van der Waals surface area contributed by atoms with Gasteiger partial charge in [0.1, 0.15) is 5.75 Å². The zero-order valence-corrected chi connectivity index (χ0v) is 20.0. The van der Waals surface area contributed by atoms with Gasteiger partial charge in [-0.3, -0.25) is 4.90 Å². The van der Waals surface area contributed by atoms with Crippen molar-refractivity contribution >= 4 is 28.9 Å². The van der Waals surface area contributed by atoms with Crippen molar-refractivity contribution in [1.29, 1.82) is 0 Å². The summed E-state index contributed by atoms with van der Waals surface area (Å²) < 4.78 is 5.66. The maximum Gasteiger partial charge on any atom is 0.227 e. The summed E-state index contributed by atoms with van der Waals surface area (Å²) in [5.41, 5.74) is 8.99. The van der Waals surface area contributed by atoms with Gasteiger partial charge in [-0.05, 0) is 38.9 Å². The minimum Gasteiger partial charge on any atom is -0.494 e. The summed E-state index contributed by atoms with van der Waals surface area (Å²) in [4.78, 5) is 16.2. The molecule has 1 aromatic carbocycles. The molecule has 0 aliphatic carbocycles. The Labute approximate surface area is 195 Å². The molecule has 0 unspecified atom stereocenters. The van der Waals surface area contributed by atoms with Gasteiger partial charge in [-0.15, -0.1) is 0 Å². The molecule has 1 aromatic heterocycles. The van der Waals surface area contributed by atoms with Crippen LogP contribution in [0.2, 0.25) is 5.02 Å². The highest BCUT2D eigenvalue weighted by Crippen LogP contribution is 2.32. The molecular formula is C23H34ClN7O. The standard InChI is InChI=1S/C23H34ClN7O/c1-23(25)6-8-30(9-7-23)16-20-18(24)15-26-22(28-20)27-19-5-4-17(14-21(19)32-3)31-12-10-29(2)11-13-31/h4-5,14-15H,6-13,16,25H2,1-3H3,(H,26,27,28). The Bertz CT molecular complexity index is 921. The lowest BCUT2D eigenvalue weighted by molar-refractivity contribution is 0.163. The Hall–Kier alpha value is -2.13. The SMILES string of the molecule is COc1cc(N2CCN(C)CC2)ccc1Nc1ncc(Cl)c(CN2CCC(C)(N)CC2)n1. The first-order valence-electron chi connectivity index (χ1n) is 11.2. The number of likely N-dealkylation sites (tertiary alicyclic amines) is 1. The van der Waals surface area contributed by atoms with E-state index in [1.807, 2.05) is 6.07 Å². The molecule has 0 amide bonds. The highest BCUT2D eigenvalue weighted by molar-refractivity contribution is 6.31. The van der Waals surface area contributed by atoms with Crippen molar-refractivity contribution in [1.82, 2.24) is 19.8 Å². The van der Waals surface area contributed by atoms with E-state index in [-0.39, 0.29) is 5.54 Å². The first-order chi connectivity index (χ1) is 15.3. The van der Waals surface area contributed by atoms with E-state index < -0.39 is 0 Å². The average molecular weight is 460 g/mol. The largest absolute Gasteiger partial charge is 0.494 e. The second-order valence-electron chi connectivity index (χ2n) is 9.22. The molecule has 32 heavy (non-hydrogen) atoms. The van der Waals surface area contributed by atoms with Gasteiger partial charge in [0.2, 0.25) is 5.95 Å². The number of benzene rings is 1. The minimum atomic E-state index is -0.0779. The number of aromatic nitrogens is 2. The van der Waals surface area contributed by atoms with Crippen LogP contribution >= 0.6 is 11.6 Å². The van der Waals surface area contributed by atoms with Gasteiger partial charge in [-0.2, -0.15) is 0 Å². The van der Waals surface area contributed by atoms with Crippen molar-refractivity contribution < 1.29 is 4.74 Å². The van der Waals surface area contributed by atoms with Gasteiger partial charge >= 0.3 is 0 Å². The molecule has 2 aliphatic heterocycles. The van der Waals surface area contributed by atoms with Crippen molar-refractivity contribution in [3.8, 4) is 5.75 Å². The lowest BCUT2D eigenvalue weighted by Gasteiger charge is -2.36. The summed E-state index contributed by atoms with van der Waals surface area (Å²) in [6.45, 7) is 8.83. The highest BCUT2D eigenvalue weighted by Gasteiger charge is 2.26. The van der Waals surface area contributed by atoms with Crippen molar-refractivity contribution in [2.75, 3.05) is 63.6 Å². The fourth-order valence-electron chi connectivity index (χ4n) is 4.17. The average Bonchev–Trinajstić information content (AvgIpc) is 2.78. The number of piperidine rings is 1. The number of nitrogens with two attached hydrogens (primary N) is 1. The van der Waals surface area contributed by atoms with E-state index in [0.717, 1.165) is 74.9 Å². The number of halogens is 1. The zero-order valence-electron chi connectivity index (χ0n) is 19.3. The maximum absolute atomic E-state index is 6.41. The Morgan fingerprint density at radius 1 is 1.16 bits per heavy atom. The summed E-state index contributed by atoms with van der Waals surface area (Å²) in [6.07, 6.45) is 3.60. The maximum atomic E-state index is 6.41. The van der Waals surface area contributed by atoms with Crippen molar-refractivity contribution in [3.05, 3.63) is 35.1 Å². The molecule has 0 bridgehead atoms. The monoisotopic (exact) mass is 459 g/mol. The molecule has 2 fully saturated rings. The number of hydrogen-bond acceptors (Lipinski definition) is 8. The second kappa shape index (κ2) is 9.79. The number of likely N-dealkylation sites (N-methyl/N-ethyl adjacent to an activating group) is 1. The Kier molecular flexibility index (Phi) is 7.05. The summed E-state index contributed by atoms with van der Waals surface area (Å²) in [6, 6.07) is 6.21. The Morgan fingerprint density at radius 2 is 1.88 bits per heavy atom. The van der Waals surface area contributed by atoms with Crippen molar-refractivity contribution in [3.63, 3.8) is 0 Å². The van der Waals surface area contributed by atoms with Crippen LogP contribution in [0.5, 0.6) is 5.75 Å². The third kappa shape index (κ3) is 5.61. The molecule has 174 valence electrons. The normalized spacial score (nSPS) is 19.7. The first-order valence-corrected chi connectivity index (χ1v) is 11.6. The van der Waals surface area contributed by atoms with Crippen LogP contribution in [0.1, 0.15) is 25.5 Å². The second-order valence-corrected chi connectivity index (χ2v) is 9.63. The highest BCUT2D eigenvalue weighted by atomic mass is 35.5. The quantitative estimate of drug-likeness (QED) is 0.682. The predicted molar refractivity (Wildman–Crippen MR) is 130 cm³/mol. The fourth-order valence-corrected chi connectivity index (χ4v) is 4.32. The molecule has 4 rings (SSSR count). The van der Waals surface area contributed by atoms with E-state index >= 15 is 0 Å². The molecule has 3 N–H and O–H groups in total. The lowest BCUT2D eigenvalue weighted by Crippen LogP contribution is -2.47. The summed E-state index contributed by atoms with van der Waals surface area (Å²) in [5.74, 6) is 1.27. The van der Waals surface area contributed by atoms with Crippen LogP contribution in [-0.4, -0.2) is 78.7 Å². The smallest absolute Gasteiger partial charge is 0.227 e. The number of rotatable bonds is 6. The summed E-state index contributed by atoms with van der Waals surface area (Å²) >= 11 is 6.41. The third-order valence-corrected chi connectivity index (χ3v) is 6.80. The lowest BCUT2D eigenvalue weighted by atomic mass is 9.91. The van der Waals surface area contributed by atoms with E-state index in [0.29, 0.717) is 17.5 Å². The van der Waals surface area contributed by atoms with Crippen LogP contribution in [0.15, 0.2) is 24.4 Å². The number of anilines is 3. The third-order valence-electron chi connectivity index (χ3n) is 6.49. The van der Waals surface area contributed by atoms with Crippen LogP contribution in [0, 0.1) is 0 Å². The molecule has 0 spiro atoms. The van der Waals surface area contributed by atoms with Crippen LogP contribution in [0.4, 0.5) is 17.3 Å². The van der Waals surface area contributed by atoms with Gasteiger partial charge in [0.05, 0.1) is 29.7 Å². The molecule has 0 saturated carbocycles. The molecule has 0 radical (unpaired) electrons. The number of nitrogens with one attached hydrogen (secondary N) is 1. The van der Waals surface area contributed by atoms with Gasteiger partial charge in [0.15, 0.2) is 0 Å². The van der Waals surface area contributed by atoms with E-state index in [1.54, 1.807) is 13.3 Å². The minimum absolute atomic E-state index is 0.0779. The van der Waals surface area contributed by atoms with Gasteiger partial charge in [-0.25, -0.2) is 9.97 Å². The molecule has 0 atom stereocenters. The van der Waals surface area contributed by atoms with E-state index in [2.05, 4.69) is 51.1 Å². The van der Waals surface area contributed by atoms with Crippen molar-refractivity contribution in [2.24, 2.45) is 5.73 Å². The fraction of sp³-hybridized carbons (Fsp3) is 0.565. The molecule has 2 aliphatic rings. The van der Waals surface area contributed by atoms with Crippen LogP contribution in [0.3, 0.4) is 0 Å². The number of ether oxygens (including phenoxy) is 1. The molecule has 2 aromatic rings. The Morgan fingerprint density at radius 3 is 2.56 bits per heavy atom. The molecule has 8 nitrogen and oxygen atoms in total. The van der Waals surface area contributed by atoms with Crippen molar-refractivity contribution in [2.45, 2.75) is 31.8 Å². The van der Waals surface area contributed by atoms with Crippen LogP contribution in [-0.2, 0) is 6.54 Å². The number of hydrogen-bond donors (Lipinski definition) is 2. The first kappa shape index (κ1) is 23.0.